The van der Waals surface area contributed by atoms with Crippen molar-refractivity contribution in [1.29, 1.82) is 0 Å². The predicted octanol–water partition coefficient (Wildman–Crippen LogP) is 9.23. The molecule has 0 aromatic rings. The van der Waals surface area contributed by atoms with Gasteiger partial charge in [0, 0.05) is 71.9 Å². The van der Waals surface area contributed by atoms with E-state index in [0.717, 1.165) is 54.3 Å². The molecule has 0 aliphatic carbocycles. The van der Waals surface area contributed by atoms with E-state index >= 15 is 0 Å². The number of esters is 3. The smallest absolute Gasteiger partial charge is 0.306 e. The lowest BCUT2D eigenvalue weighted by atomic mass is 10.1. The Labute approximate surface area is 302 Å². The zero-order valence-electron chi connectivity index (χ0n) is 28.2. The highest BCUT2D eigenvalue weighted by atomic mass is 33.1. The molecule has 46 heavy (non-hydrogen) atoms. The molecule has 3 rings (SSSR count). The van der Waals surface area contributed by atoms with Crippen molar-refractivity contribution in [3.05, 3.63) is 0 Å². The lowest BCUT2D eigenvalue weighted by Crippen LogP contribution is -2.43. The monoisotopic (exact) mass is 755 g/mol. The summed E-state index contributed by atoms with van der Waals surface area (Å²) in [5, 5.41) is 2.18. The average Bonchev–Trinajstić information content (AvgIpc) is 3.80. The van der Waals surface area contributed by atoms with Crippen LogP contribution in [0.1, 0.15) is 117 Å². The maximum atomic E-state index is 12.6. The van der Waals surface area contributed by atoms with Gasteiger partial charge in [-0.1, -0.05) is 84.0 Å². The van der Waals surface area contributed by atoms with Crippen LogP contribution >= 0.6 is 64.8 Å². The van der Waals surface area contributed by atoms with Crippen molar-refractivity contribution in [3.63, 3.8) is 0 Å². The van der Waals surface area contributed by atoms with Crippen LogP contribution in [0.15, 0.2) is 0 Å². The minimum atomic E-state index is -0.321. The minimum Gasteiger partial charge on any atom is -0.461 e. The van der Waals surface area contributed by atoms with Crippen molar-refractivity contribution in [2.75, 3.05) is 36.9 Å². The van der Waals surface area contributed by atoms with Crippen LogP contribution in [-0.2, 0) is 28.6 Å². The molecule has 3 aliphatic rings. The van der Waals surface area contributed by atoms with Gasteiger partial charge in [-0.2, -0.15) is 0 Å². The molecular weight excluding hydrogens is 699 g/mol. The molecule has 13 heteroatoms. The second-order valence-electron chi connectivity index (χ2n) is 12.8. The van der Waals surface area contributed by atoms with Gasteiger partial charge < -0.3 is 14.2 Å². The van der Waals surface area contributed by atoms with Crippen LogP contribution in [0, 0.1) is 0 Å². The Morgan fingerprint density at radius 1 is 0.543 bits per heavy atom. The summed E-state index contributed by atoms with van der Waals surface area (Å²) in [6.07, 6.45) is 13.4. The Kier molecular flexibility index (Phi) is 21.9. The van der Waals surface area contributed by atoms with Crippen LogP contribution in [0.2, 0.25) is 0 Å². The summed E-state index contributed by atoms with van der Waals surface area (Å²) in [6, 6.07) is 0. The number of rotatable bonds is 24. The van der Waals surface area contributed by atoms with E-state index in [0.29, 0.717) is 38.9 Å². The van der Waals surface area contributed by atoms with Gasteiger partial charge in [-0.05, 0) is 78.6 Å². The number of hydrogen-bond donors (Lipinski definition) is 0. The van der Waals surface area contributed by atoms with E-state index in [4.69, 9.17) is 14.2 Å². The topological polar surface area (TPSA) is 82.1 Å². The standard InChI is InChI=1S/C33H57NO6S6/c1-25(38-31(35)13-7-4-10-28-16-19-41-44-28)22-34(23-26(2)39-32(36)14-8-5-11-29-17-20-42-45-29)24-27(3)40-33(37)15-9-6-12-30-18-21-43-46-30/h25-30H,4-24H2,1-3H3. The first-order valence-electron chi connectivity index (χ1n) is 17.4. The molecule has 6 unspecified atom stereocenters. The van der Waals surface area contributed by atoms with Crippen molar-refractivity contribution in [3.8, 4) is 0 Å². The lowest BCUT2D eigenvalue weighted by Gasteiger charge is -2.30. The highest BCUT2D eigenvalue weighted by molar-refractivity contribution is 8.78. The molecule has 0 bridgehead atoms. The van der Waals surface area contributed by atoms with Crippen LogP contribution in [-0.4, -0.2) is 93.8 Å². The summed E-state index contributed by atoms with van der Waals surface area (Å²) in [5.74, 6) is 3.22. The second-order valence-corrected chi connectivity index (χ2v) is 21.2. The molecule has 0 amide bonds. The van der Waals surface area contributed by atoms with Crippen LogP contribution in [0.4, 0.5) is 0 Å². The molecule has 0 spiro atoms. The highest BCUT2D eigenvalue weighted by Gasteiger charge is 2.23. The first-order chi connectivity index (χ1) is 22.3. The van der Waals surface area contributed by atoms with E-state index in [1.165, 1.54) is 55.8 Å². The second kappa shape index (κ2) is 24.6. The average molecular weight is 756 g/mol. The van der Waals surface area contributed by atoms with Gasteiger partial charge in [0.1, 0.15) is 18.3 Å². The molecule has 7 nitrogen and oxygen atoms in total. The Balaban J connectivity index is 1.38. The third-order valence-corrected chi connectivity index (χ3v) is 17.2. The van der Waals surface area contributed by atoms with Crippen LogP contribution < -0.4 is 0 Å². The zero-order valence-corrected chi connectivity index (χ0v) is 33.1. The van der Waals surface area contributed by atoms with Crippen LogP contribution in [0.5, 0.6) is 0 Å². The molecule has 3 fully saturated rings. The van der Waals surface area contributed by atoms with Crippen molar-refractivity contribution in [1.82, 2.24) is 4.90 Å². The maximum absolute atomic E-state index is 12.6. The van der Waals surface area contributed by atoms with Gasteiger partial charge in [-0.15, -0.1) is 0 Å². The molecule has 266 valence electrons. The predicted molar refractivity (Wildman–Crippen MR) is 204 cm³/mol. The first kappa shape index (κ1) is 40.9. The van der Waals surface area contributed by atoms with E-state index in [9.17, 15) is 14.4 Å². The quantitative estimate of drug-likeness (QED) is 0.0407. The van der Waals surface area contributed by atoms with Crippen molar-refractivity contribution in [2.24, 2.45) is 0 Å². The van der Waals surface area contributed by atoms with E-state index in [1.54, 1.807) is 0 Å². The summed E-state index contributed by atoms with van der Waals surface area (Å²) in [7, 11) is 11.8. The molecule has 3 saturated heterocycles. The third kappa shape index (κ3) is 19.0. The van der Waals surface area contributed by atoms with E-state index in [-0.39, 0.29) is 36.2 Å². The first-order valence-corrected chi connectivity index (χ1v) is 24.6. The summed E-state index contributed by atoms with van der Waals surface area (Å²) in [6.45, 7) is 7.19. The largest absolute Gasteiger partial charge is 0.461 e. The van der Waals surface area contributed by atoms with E-state index < -0.39 is 0 Å². The Bertz CT molecular complexity index is 760. The minimum absolute atomic E-state index is 0.163. The summed E-state index contributed by atoms with van der Waals surface area (Å²) in [4.78, 5) is 39.9. The van der Waals surface area contributed by atoms with Crippen molar-refractivity contribution >= 4 is 82.7 Å². The van der Waals surface area contributed by atoms with Gasteiger partial charge in [0.05, 0.1) is 0 Å². The molecule has 3 aliphatic heterocycles. The van der Waals surface area contributed by atoms with Crippen molar-refractivity contribution in [2.45, 2.75) is 151 Å². The van der Waals surface area contributed by atoms with E-state index in [1.807, 2.05) is 85.5 Å². The van der Waals surface area contributed by atoms with Gasteiger partial charge in [0.2, 0.25) is 0 Å². The van der Waals surface area contributed by atoms with Gasteiger partial charge in [0.25, 0.3) is 0 Å². The Hall–Kier alpha value is 0.470. The fourth-order valence-corrected chi connectivity index (χ4v) is 15.0. The molecule has 0 aromatic carbocycles. The molecule has 0 N–H and O–H groups in total. The fraction of sp³-hybridized carbons (Fsp3) is 0.909. The van der Waals surface area contributed by atoms with Gasteiger partial charge in [-0.25, -0.2) is 0 Å². The maximum Gasteiger partial charge on any atom is 0.306 e. The fourth-order valence-electron chi connectivity index (χ4n) is 5.89. The number of unbranched alkanes of at least 4 members (excludes halogenated alkanes) is 3. The molecular formula is C33H57NO6S6. The van der Waals surface area contributed by atoms with Crippen LogP contribution in [0.25, 0.3) is 0 Å². The zero-order chi connectivity index (χ0) is 33.0. The lowest BCUT2D eigenvalue weighted by molar-refractivity contribution is -0.151. The number of carbonyl (C=O) groups is 3. The molecule has 6 atom stereocenters. The Morgan fingerprint density at radius 3 is 1.11 bits per heavy atom. The van der Waals surface area contributed by atoms with Gasteiger partial charge >= 0.3 is 17.9 Å². The number of nitrogens with zero attached hydrogens (tertiary/aromatic N) is 1. The van der Waals surface area contributed by atoms with E-state index in [2.05, 4.69) is 4.90 Å². The van der Waals surface area contributed by atoms with Gasteiger partial charge in [0.15, 0.2) is 0 Å². The summed E-state index contributed by atoms with van der Waals surface area (Å²) >= 11 is 0. The van der Waals surface area contributed by atoms with Gasteiger partial charge in [-0.3, -0.25) is 19.3 Å². The Morgan fingerprint density at radius 2 is 0.848 bits per heavy atom. The molecule has 0 saturated carbocycles. The number of ether oxygens (including phenoxy) is 3. The third-order valence-electron chi connectivity index (χ3n) is 8.20. The molecule has 0 aromatic heterocycles. The molecule has 3 heterocycles. The number of carbonyl (C=O) groups excluding carboxylic acids is 3. The van der Waals surface area contributed by atoms with Crippen LogP contribution in [0.3, 0.4) is 0 Å². The molecule has 0 radical (unpaired) electrons. The normalized spacial score (nSPS) is 23.3. The summed E-state index contributed by atoms with van der Waals surface area (Å²) in [5.41, 5.74) is 0. The number of hydrogen-bond acceptors (Lipinski definition) is 13. The SMILES string of the molecule is CC(CN(CC(C)OC(=O)CCCCC1CCSS1)CC(C)OC(=O)CCCCC1CCSS1)OC(=O)CCCCC1CCSS1. The van der Waals surface area contributed by atoms with Crippen molar-refractivity contribution < 1.29 is 28.6 Å². The summed E-state index contributed by atoms with van der Waals surface area (Å²) < 4.78 is 17.3. The highest BCUT2D eigenvalue weighted by Crippen LogP contribution is 2.41.